The van der Waals surface area contributed by atoms with Gasteiger partial charge < -0.3 is 10.1 Å². The second-order valence-corrected chi connectivity index (χ2v) is 5.80. The van der Waals surface area contributed by atoms with Crippen LogP contribution >= 0.6 is 15.9 Å². The van der Waals surface area contributed by atoms with E-state index in [1.54, 1.807) is 12.1 Å². The maximum Gasteiger partial charge on any atom is 0.257 e. The zero-order chi connectivity index (χ0) is 16.1. The number of hydrogen-bond acceptors (Lipinski definition) is 4. The average Bonchev–Trinajstić information content (AvgIpc) is 2.98. The normalized spacial score (nSPS) is 10.7. The van der Waals surface area contributed by atoms with E-state index in [4.69, 9.17) is 4.74 Å². The molecule has 23 heavy (non-hydrogen) atoms. The molecule has 7 heteroatoms. The number of halogens is 1. The van der Waals surface area contributed by atoms with Crippen LogP contribution in [0.5, 0.6) is 5.75 Å². The number of aromatic nitrogens is 3. The van der Waals surface area contributed by atoms with Crippen LogP contribution in [-0.2, 0) is 11.2 Å². The molecular weight excluding hydrogens is 360 g/mol. The molecule has 0 unspecified atom stereocenters. The lowest BCUT2D eigenvalue weighted by Gasteiger charge is -2.07. The fourth-order valence-corrected chi connectivity index (χ4v) is 2.37. The lowest BCUT2D eigenvalue weighted by atomic mass is 10.3. The summed E-state index contributed by atoms with van der Waals surface area (Å²) in [5.74, 6) is 1.31. The summed E-state index contributed by atoms with van der Waals surface area (Å²) in [6, 6.07) is 13.1. The largest absolute Gasteiger partial charge is 0.484 e. The van der Waals surface area contributed by atoms with Crippen molar-refractivity contribution in [3.8, 4) is 5.75 Å². The summed E-state index contributed by atoms with van der Waals surface area (Å²) in [6.07, 6.45) is 2.51. The van der Waals surface area contributed by atoms with Gasteiger partial charge in [0.1, 0.15) is 11.6 Å². The van der Waals surface area contributed by atoms with E-state index in [0.29, 0.717) is 18.7 Å². The summed E-state index contributed by atoms with van der Waals surface area (Å²) >= 11 is 3.35. The predicted molar refractivity (Wildman–Crippen MR) is 89.3 cm³/mol. The monoisotopic (exact) mass is 374 g/mol. The minimum Gasteiger partial charge on any atom is -0.484 e. The van der Waals surface area contributed by atoms with Gasteiger partial charge >= 0.3 is 0 Å². The van der Waals surface area contributed by atoms with Crippen molar-refractivity contribution in [1.29, 1.82) is 0 Å². The summed E-state index contributed by atoms with van der Waals surface area (Å²) in [6.45, 7) is 0.473. The molecule has 2 aromatic heterocycles. The molecule has 3 rings (SSSR count). The Labute approximate surface area is 141 Å². The third-order valence-electron chi connectivity index (χ3n) is 3.24. The molecule has 0 bridgehead atoms. The third kappa shape index (κ3) is 4.07. The highest BCUT2D eigenvalue weighted by atomic mass is 79.9. The first-order valence-corrected chi connectivity index (χ1v) is 7.95. The first kappa shape index (κ1) is 15.5. The van der Waals surface area contributed by atoms with Gasteiger partial charge in [-0.2, -0.15) is 0 Å². The van der Waals surface area contributed by atoms with Gasteiger partial charge in [0, 0.05) is 23.6 Å². The Balaban J connectivity index is 1.45. The molecule has 1 amide bonds. The fraction of sp³-hybridized carbons (Fsp3) is 0.188. The number of ether oxygens (including phenoxy) is 1. The summed E-state index contributed by atoms with van der Waals surface area (Å²) < 4.78 is 8.29. The smallest absolute Gasteiger partial charge is 0.257 e. The first-order valence-electron chi connectivity index (χ1n) is 7.16. The lowest BCUT2D eigenvalue weighted by molar-refractivity contribution is -0.123. The highest BCUT2D eigenvalue weighted by Gasteiger charge is 2.06. The van der Waals surface area contributed by atoms with E-state index in [0.717, 1.165) is 15.9 Å². The molecule has 6 nitrogen and oxygen atoms in total. The molecule has 0 saturated heterocycles. The van der Waals surface area contributed by atoms with E-state index in [1.165, 1.54) is 0 Å². The van der Waals surface area contributed by atoms with Gasteiger partial charge in [-0.3, -0.25) is 9.20 Å². The fourth-order valence-electron chi connectivity index (χ4n) is 2.11. The van der Waals surface area contributed by atoms with Gasteiger partial charge in [0.05, 0.1) is 0 Å². The van der Waals surface area contributed by atoms with Crippen molar-refractivity contribution in [3.63, 3.8) is 0 Å². The van der Waals surface area contributed by atoms with Crippen LogP contribution < -0.4 is 10.1 Å². The summed E-state index contributed by atoms with van der Waals surface area (Å²) in [5.41, 5.74) is 0.799. The maximum absolute atomic E-state index is 11.8. The minimum atomic E-state index is -0.165. The van der Waals surface area contributed by atoms with E-state index in [9.17, 15) is 4.79 Å². The van der Waals surface area contributed by atoms with Gasteiger partial charge in [0.25, 0.3) is 5.91 Å². The number of amides is 1. The SMILES string of the molecule is O=C(COc1ccc(Br)cc1)NCCc1nnc2ccccn12. The van der Waals surface area contributed by atoms with Gasteiger partial charge in [-0.25, -0.2) is 0 Å². The highest BCUT2D eigenvalue weighted by Crippen LogP contribution is 2.15. The molecule has 2 heterocycles. The van der Waals surface area contributed by atoms with Crippen LogP contribution in [0, 0.1) is 0 Å². The summed E-state index contributed by atoms with van der Waals surface area (Å²) in [7, 11) is 0. The van der Waals surface area contributed by atoms with Crippen LogP contribution in [0.2, 0.25) is 0 Å². The van der Waals surface area contributed by atoms with Crippen LogP contribution in [0.15, 0.2) is 53.1 Å². The number of hydrogen-bond donors (Lipinski definition) is 1. The standard InChI is InChI=1S/C16H15BrN4O2/c17-12-4-6-13(7-5-12)23-11-16(22)18-9-8-15-20-19-14-3-1-2-10-21(14)15/h1-7,10H,8-9,11H2,(H,18,22). The Hall–Kier alpha value is -2.41. The topological polar surface area (TPSA) is 68.5 Å². The van der Waals surface area contributed by atoms with Crippen LogP contribution in [0.3, 0.4) is 0 Å². The third-order valence-corrected chi connectivity index (χ3v) is 3.77. The molecule has 0 spiro atoms. The Bertz CT molecular complexity index is 801. The predicted octanol–water partition coefficient (Wildman–Crippen LogP) is 2.23. The number of fused-ring (bicyclic) bond motifs is 1. The maximum atomic E-state index is 11.8. The molecule has 0 radical (unpaired) electrons. The number of carbonyl (C=O) groups is 1. The number of benzene rings is 1. The molecule has 0 aliphatic carbocycles. The molecular formula is C16H15BrN4O2. The summed E-state index contributed by atoms with van der Waals surface area (Å²) in [4.78, 5) is 11.8. The van der Waals surface area contributed by atoms with Gasteiger partial charge in [0.2, 0.25) is 0 Å². The van der Waals surface area contributed by atoms with E-state index < -0.39 is 0 Å². The Morgan fingerprint density at radius 3 is 2.83 bits per heavy atom. The number of carbonyl (C=O) groups excluding carboxylic acids is 1. The molecule has 0 aliphatic rings. The zero-order valence-corrected chi connectivity index (χ0v) is 13.9. The molecule has 118 valence electrons. The minimum absolute atomic E-state index is 0.0117. The van der Waals surface area contributed by atoms with Crippen molar-refractivity contribution >= 4 is 27.5 Å². The molecule has 0 aliphatic heterocycles. The number of pyridine rings is 1. The van der Waals surface area contributed by atoms with Crippen molar-refractivity contribution in [2.24, 2.45) is 0 Å². The van der Waals surface area contributed by atoms with Gasteiger partial charge in [-0.05, 0) is 36.4 Å². The van der Waals surface area contributed by atoms with Gasteiger partial charge in [-0.15, -0.1) is 10.2 Å². The Kier molecular flexibility index (Phi) is 4.87. The number of nitrogens with zero attached hydrogens (tertiary/aromatic N) is 3. The van der Waals surface area contributed by atoms with E-state index in [2.05, 4.69) is 31.4 Å². The first-order chi connectivity index (χ1) is 11.2. The highest BCUT2D eigenvalue weighted by molar-refractivity contribution is 9.10. The molecule has 1 N–H and O–H groups in total. The van der Waals surface area contributed by atoms with Crippen molar-refractivity contribution in [3.05, 3.63) is 59.0 Å². The number of nitrogens with one attached hydrogen (secondary N) is 1. The van der Waals surface area contributed by atoms with Crippen LogP contribution in [-0.4, -0.2) is 33.7 Å². The van der Waals surface area contributed by atoms with Gasteiger partial charge in [-0.1, -0.05) is 22.0 Å². The molecule has 0 atom stereocenters. The molecule has 1 aromatic carbocycles. The van der Waals surface area contributed by atoms with Crippen molar-refractivity contribution in [2.75, 3.05) is 13.2 Å². The summed E-state index contributed by atoms with van der Waals surface area (Å²) in [5, 5.41) is 11.0. The quantitative estimate of drug-likeness (QED) is 0.718. The Morgan fingerprint density at radius 1 is 1.17 bits per heavy atom. The van der Waals surface area contributed by atoms with E-state index in [1.807, 2.05) is 40.9 Å². The molecule has 0 saturated carbocycles. The van der Waals surface area contributed by atoms with Crippen molar-refractivity contribution < 1.29 is 9.53 Å². The lowest BCUT2D eigenvalue weighted by Crippen LogP contribution is -2.30. The Morgan fingerprint density at radius 2 is 2.00 bits per heavy atom. The van der Waals surface area contributed by atoms with Crippen molar-refractivity contribution in [1.82, 2.24) is 19.9 Å². The second-order valence-electron chi connectivity index (χ2n) is 4.89. The molecule has 0 fully saturated rings. The number of rotatable bonds is 6. The van der Waals surface area contributed by atoms with E-state index in [-0.39, 0.29) is 12.5 Å². The van der Waals surface area contributed by atoms with Crippen LogP contribution in [0.4, 0.5) is 0 Å². The molecule has 3 aromatic rings. The van der Waals surface area contributed by atoms with E-state index >= 15 is 0 Å². The zero-order valence-electron chi connectivity index (χ0n) is 12.3. The van der Waals surface area contributed by atoms with Crippen LogP contribution in [0.25, 0.3) is 5.65 Å². The van der Waals surface area contributed by atoms with Gasteiger partial charge in [0.15, 0.2) is 12.3 Å². The van der Waals surface area contributed by atoms with Crippen LogP contribution in [0.1, 0.15) is 5.82 Å². The van der Waals surface area contributed by atoms with Crippen molar-refractivity contribution in [2.45, 2.75) is 6.42 Å². The second kappa shape index (κ2) is 7.23. The average molecular weight is 375 g/mol.